The zero-order valence-corrected chi connectivity index (χ0v) is 12.1. The average molecular weight is 298 g/mol. The van der Waals surface area contributed by atoms with Gasteiger partial charge < -0.3 is 10.0 Å². The van der Waals surface area contributed by atoms with Crippen molar-refractivity contribution in [1.82, 2.24) is 9.62 Å². The lowest BCUT2D eigenvalue weighted by molar-refractivity contribution is -0.129. The molecular formula is C13H18N2O4S. The number of hydrogen-bond acceptors (Lipinski definition) is 4. The van der Waals surface area contributed by atoms with Crippen LogP contribution in [0.3, 0.4) is 0 Å². The second-order valence-corrected chi connectivity index (χ2v) is 6.97. The van der Waals surface area contributed by atoms with E-state index in [-0.39, 0.29) is 23.9 Å². The van der Waals surface area contributed by atoms with Gasteiger partial charge in [-0.3, -0.25) is 4.79 Å². The molecule has 0 spiro atoms. The summed E-state index contributed by atoms with van der Waals surface area (Å²) in [6.07, 6.45) is 0.504. The van der Waals surface area contributed by atoms with Gasteiger partial charge in [-0.05, 0) is 25.5 Å². The van der Waals surface area contributed by atoms with Crippen molar-refractivity contribution in [3.05, 3.63) is 30.3 Å². The first-order valence-corrected chi connectivity index (χ1v) is 7.83. The topological polar surface area (TPSA) is 86.7 Å². The van der Waals surface area contributed by atoms with Gasteiger partial charge in [0.15, 0.2) is 0 Å². The Labute approximate surface area is 118 Å². The van der Waals surface area contributed by atoms with Crippen LogP contribution in [0.2, 0.25) is 0 Å². The lowest BCUT2D eigenvalue weighted by Gasteiger charge is -2.19. The summed E-state index contributed by atoms with van der Waals surface area (Å²) in [7, 11) is -3.67. The molecule has 2 N–H and O–H groups in total. The summed E-state index contributed by atoms with van der Waals surface area (Å²) in [5.41, 5.74) is -0.881. The van der Waals surface area contributed by atoms with Gasteiger partial charge in [0.2, 0.25) is 15.9 Å². The number of sulfonamides is 1. The minimum atomic E-state index is -3.67. The number of β-amino-alcohol motifs (C(OH)–C–C–N with tert-alkyl or cyclic N) is 1. The molecule has 0 saturated carbocycles. The van der Waals surface area contributed by atoms with Crippen molar-refractivity contribution in [3.8, 4) is 0 Å². The highest BCUT2D eigenvalue weighted by Gasteiger charge is 2.34. The van der Waals surface area contributed by atoms with Crippen molar-refractivity contribution in [3.63, 3.8) is 0 Å². The number of benzene rings is 1. The van der Waals surface area contributed by atoms with Crippen LogP contribution in [-0.2, 0) is 14.8 Å². The van der Waals surface area contributed by atoms with E-state index in [4.69, 9.17) is 0 Å². The maximum absolute atomic E-state index is 11.9. The van der Waals surface area contributed by atoms with Gasteiger partial charge in [0.1, 0.15) is 0 Å². The molecule has 7 heteroatoms. The van der Waals surface area contributed by atoms with Crippen LogP contribution in [0.4, 0.5) is 0 Å². The number of rotatable bonds is 4. The predicted molar refractivity (Wildman–Crippen MR) is 73.5 cm³/mol. The summed E-state index contributed by atoms with van der Waals surface area (Å²) in [6.45, 7) is 2.04. The molecule has 0 radical (unpaired) electrons. The number of likely N-dealkylation sites (tertiary alicyclic amines) is 1. The lowest BCUT2D eigenvalue weighted by atomic mass is 10.1. The van der Waals surface area contributed by atoms with Crippen molar-refractivity contribution in [1.29, 1.82) is 0 Å². The molecule has 1 unspecified atom stereocenters. The smallest absolute Gasteiger partial charge is 0.241 e. The minimum absolute atomic E-state index is 0.126. The van der Waals surface area contributed by atoms with Crippen LogP contribution in [0.25, 0.3) is 0 Å². The quantitative estimate of drug-likeness (QED) is 0.816. The molecule has 1 amide bonds. The van der Waals surface area contributed by atoms with Gasteiger partial charge in [0, 0.05) is 13.1 Å². The number of carbonyl (C=O) groups excluding carboxylic acids is 1. The Morgan fingerprint density at radius 1 is 1.40 bits per heavy atom. The van der Waals surface area contributed by atoms with Crippen LogP contribution in [-0.4, -0.2) is 49.6 Å². The van der Waals surface area contributed by atoms with E-state index in [1.807, 2.05) is 0 Å². The first-order chi connectivity index (χ1) is 9.30. The van der Waals surface area contributed by atoms with Crippen LogP contribution in [0.15, 0.2) is 35.2 Å². The summed E-state index contributed by atoms with van der Waals surface area (Å²) < 4.78 is 26.2. The van der Waals surface area contributed by atoms with E-state index in [0.717, 1.165) is 0 Å². The zero-order valence-electron chi connectivity index (χ0n) is 11.2. The number of aliphatic hydroxyl groups is 1. The van der Waals surface area contributed by atoms with E-state index in [0.29, 0.717) is 13.0 Å². The predicted octanol–water partition coefficient (Wildman–Crippen LogP) is -0.0518. The molecule has 1 heterocycles. The van der Waals surface area contributed by atoms with Crippen LogP contribution in [0, 0.1) is 0 Å². The largest absolute Gasteiger partial charge is 0.388 e. The second-order valence-electron chi connectivity index (χ2n) is 5.20. The van der Waals surface area contributed by atoms with Crippen molar-refractivity contribution < 1.29 is 18.3 Å². The molecule has 1 aromatic carbocycles. The standard InChI is InChI=1S/C13H18N2O4S/c1-13(17)7-8-15(10-13)12(16)9-14-20(18,19)11-5-3-2-4-6-11/h2-6,14,17H,7-10H2,1H3. The molecule has 1 saturated heterocycles. The number of nitrogens with zero attached hydrogens (tertiary/aromatic N) is 1. The Morgan fingerprint density at radius 3 is 2.60 bits per heavy atom. The van der Waals surface area contributed by atoms with E-state index in [9.17, 15) is 18.3 Å². The summed E-state index contributed by atoms with van der Waals surface area (Å²) in [4.78, 5) is 13.5. The van der Waals surface area contributed by atoms with Gasteiger partial charge in [-0.2, -0.15) is 0 Å². The Kier molecular flexibility index (Phi) is 4.12. The summed E-state index contributed by atoms with van der Waals surface area (Å²) in [5.74, 6) is -0.331. The minimum Gasteiger partial charge on any atom is -0.388 e. The molecular weight excluding hydrogens is 280 g/mol. The van der Waals surface area contributed by atoms with E-state index < -0.39 is 15.6 Å². The fourth-order valence-corrected chi connectivity index (χ4v) is 3.11. The molecule has 0 aromatic heterocycles. The highest BCUT2D eigenvalue weighted by molar-refractivity contribution is 7.89. The first-order valence-electron chi connectivity index (χ1n) is 6.35. The maximum Gasteiger partial charge on any atom is 0.241 e. The molecule has 6 nitrogen and oxygen atoms in total. The molecule has 110 valence electrons. The van der Waals surface area contributed by atoms with Gasteiger partial charge in [0.25, 0.3) is 0 Å². The van der Waals surface area contributed by atoms with E-state index >= 15 is 0 Å². The van der Waals surface area contributed by atoms with E-state index in [1.165, 1.54) is 17.0 Å². The molecule has 1 fully saturated rings. The van der Waals surface area contributed by atoms with Crippen molar-refractivity contribution in [2.24, 2.45) is 0 Å². The third-order valence-electron chi connectivity index (χ3n) is 3.27. The third-order valence-corrected chi connectivity index (χ3v) is 4.69. The van der Waals surface area contributed by atoms with Crippen LogP contribution >= 0.6 is 0 Å². The molecule has 0 bridgehead atoms. The third kappa shape index (κ3) is 3.56. The molecule has 1 aromatic rings. The SMILES string of the molecule is CC1(O)CCN(C(=O)CNS(=O)(=O)c2ccccc2)C1. The maximum atomic E-state index is 11.9. The summed E-state index contributed by atoms with van der Waals surface area (Å²) in [5, 5.41) is 9.79. The van der Waals surface area contributed by atoms with Gasteiger partial charge >= 0.3 is 0 Å². The van der Waals surface area contributed by atoms with Gasteiger partial charge in [0.05, 0.1) is 17.0 Å². The van der Waals surface area contributed by atoms with Gasteiger partial charge in [-0.25, -0.2) is 13.1 Å². The molecule has 2 rings (SSSR count). The van der Waals surface area contributed by atoms with Crippen molar-refractivity contribution in [2.75, 3.05) is 19.6 Å². The Bertz CT molecular complexity index is 584. The Hall–Kier alpha value is -1.44. The Balaban J connectivity index is 1.94. The first kappa shape index (κ1) is 15.0. The molecule has 0 aliphatic carbocycles. The summed E-state index contributed by atoms with van der Waals surface area (Å²) >= 11 is 0. The molecule has 1 aliphatic heterocycles. The number of hydrogen-bond donors (Lipinski definition) is 2. The highest BCUT2D eigenvalue weighted by Crippen LogP contribution is 2.20. The number of carbonyl (C=O) groups is 1. The number of amides is 1. The van der Waals surface area contributed by atoms with Crippen LogP contribution in [0.5, 0.6) is 0 Å². The second kappa shape index (κ2) is 5.51. The molecule has 20 heavy (non-hydrogen) atoms. The average Bonchev–Trinajstić information content (AvgIpc) is 2.78. The lowest BCUT2D eigenvalue weighted by Crippen LogP contribution is -2.40. The van der Waals surface area contributed by atoms with Crippen LogP contribution in [0.1, 0.15) is 13.3 Å². The molecule has 1 aliphatic rings. The highest BCUT2D eigenvalue weighted by atomic mass is 32.2. The van der Waals surface area contributed by atoms with E-state index in [2.05, 4.69) is 4.72 Å². The fraction of sp³-hybridized carbons (Fsp3) is 0.462. The van der Waals surface area contributed by atoms with Crippen LogP contribution < -0.4 is 4.72 Å². The summed E-state index contributed by atoms with van der Waals surface area (Å²) in [6, 6.07) is 7.89. The molecule has 1 atom stereocenters. The van der Waals surface area contributed by atoms with Crippen molar-refractivity contribution >= 4 is 15.9 Å². The van der Waals surface area contributed by atoms with Gasteiger partial charge in [-0.1, -0.05) is 18.2 Å². The number of nitrogens with one attached hydrogen (secondary N) is 1. The Morgan fingerprint density at radius 2 is 2.05 bits per heavy atom. The van der Waals surface area contributed by atoms with Crippen molar-refractivity contribution in [2.45, 2.75) is 23.8 Å². The van der Waals surface area contributed by atoms with Gasteiger partial charge in [-0.15, -0.1) is 0 Å². The zero-order chi connectivity index (χ0) is 14.8. The fourth-order valence-electron chi connectivity index (χ4n) is 2.11. The monoisotopic (exact) mass is 298 g/mol. The van der Waals surface area contributed by atoms with E-state index in [1.54, 1.807) is 25.1 Å². The normalized spacial score (nSPS) is 23.0.